The maximum atomic E-state index is 13.0. The van der Waals surface area contributed by atoms with Crippen LogP contribution in [0.15, 0.2) is 54.7 Å². The first-order chi connectivity index (χ1) is 16.4. The number of nitrogens with one attached hydrogen (secondary N) is 1. The zero-order valence-electron chi connectivity index (χ0n) is 18.2. The minimum Gasteiger partial charge on any atom is -0.496 e. The smallest absolute Gasteiger partial charge is 0.354 e. The standard InChI is InChI=1S/C23H19N5O5S/c1-13-10-16(15-7-3-4-9-19(15)32-2)17(11-24-13)20(29)26-22-27-28-23(34-22)33-12-14-6-5-8-18(25-14)21(30)31/h3-11H,12H2,1-2H3,(H,30,31)(H,26,27,29). The number of hydrogen-bond donors (Lipinski definition) is 2. The molecule has 4 rings (SSSR count). The number of aromatic carboxylic acids is 1. The van der Waals surface area contributed by atoms with Crippen molar-refractivity contribution >= 4 is 28.3 Å². The molecule has 4 aromatic rings. The quantitative estimate of drug-likeness (QED) is 0.388. The van der Waals surface area contributed by atoms with Crippen molar-refractivity contribution in [2.45, 2.75) is 13.5 Å². The first-order valence-electron chi connectivity index (χ1n) is 10.0. The highest BCUT2D eigenvalue weighted by Crippen LogP contribution is 2.33. The SMILES string of the molecule is COc1ccccc1-c1cc(C)ncc1C(=O)Nc1nnc(OCc2cccc(C(=O)O)n2)s1. The van der Waals surface area contributed by atoms with Crippen molar-refractivity contribution in [3.8, 4) is 22.1 Å². The van der Waals surface area contributed by atoms with Gasteiger partial charge in [-0.2, -0.15) is 0 Å². The Labute approximate surface area is 198 Å². The third-order valence-corrected chi connectivity index (χ3v) is 5.43. The Morgan fingerprint density at radius 3 is 2.71 bits per heavy atom. The molecule has 3 heterocycles. The van der Waals surface area contributed by atoms with Crippen LogP contribution in [-0.4, -0.2) is 44.3 Å². The molecule has 0 fully saturated rings. The van der Waals surface area contributed by atoms with E-state index < -0.39 is 11.9 Å². The third kappa shape index (κ3) is 5.15. The second-order valence-electron chi connectivity index (χ2n) is 7.01. The topological polar surface area (TPSA) is 136 Å². The number of ether oxygens (including phenoxy) is 2. The molecule has 0 aliphatic rings. The van der Waals surface area contributed by atoms with E-state index in [-0.39, 0.29) is 22.6 Å². The normalized spacial score (nSPS) is 10.5. The first kappa shape index (κ1) is 22.8. The number of methoxy groups -OCH3 is 1. The molecule has 0 aliphatic carbocycles. The molecule has 2 N–H and O–H groups in total. The number of nitrogens with zero attached hydrogens (tertiary/aromatic N) is 4. The van der Waals surface area contributed by atoms with Gasteiger partial charge in [0.2, 0.25) is 5.13 Å². The summed E-state index contributed by atoms with van der Waals surface area (Å²) in [5.41, 5.74) is 2.88. The van der Waals surface area contributed by atoms with Crippen molar-refractivity contribution in [3.63, 3.8) is 0 Å². The molecule has 0 atom stereocenters. The molecule has 34 heavy (non-hydrogen) atoms. The highest BCUT2D eigenvalue weighted by Gasteiger charge is 2.18. The molecule has 0 radical (unpaired) electrons. The van der Waals surface area contributed by atoms with Gasteiger partial charge in [0.15, 0.2) is 0 Å². The number of carboxylic acid groups (broad SMARTS) is 1. The molecule has 0 saturated carbocycles. The summed E-state index contributed by atoms with van der Waals surface area (Å²) < 4.78 is 11.0. The van der Waals surface area contributed by atoms with E-state index in [1.807, 2.05) is 37.3 Å². The van der Waals surface area contributed by atoms with Crippen LogP contribution in [0.25, 0.3) is 11.1 Å². The molecule has 1 aromatic carbocycles. The molecule has 0 aliphatic heterocycles. The van der Waals surface area contributed by atoms with E-state index in [0.717, 1.165) is 22.6 Å². The van der Waals surface area contributed by atoms with Crippen LogP contribution in [0.5, 0.6) is 10.9 Å². The van der Waals surface area contributed by atoms with E-state index in [1.54, 1.807) is 19.2 Å². The first-order valence-corrected chi connectivity index (χ1v) is 10.8. The molecule has 172 valence electrons. The van der Waals surface area contributed by atoms with Gasteiger partial charge >= 0.3 is 5.97 Å². The van der Waals surface area contributed by atoms with E-state index in [4.69, 9.17) is 14.6 Å². The molecule has 0 saturated heterocycles. The minimum absolute atomic E-state index is 0.00350. The van der Waals surface area contributed by atoms with Gasteiger partial charge < -0.3 is 14.6 Å². The summed E-state index contributed by atoms with van der Waals surface area (Å²) in [5.74, 6) is -0.901. The van der Waals surface area contributed by atoms with Crippen molar-refractivity contribution in [3.05, 3.63) is 77.4 Å². The number of rotatable bonds is 8. The molecule has 3 aromatic heterocycles. The molecular weight excluding hydrogens is 458 g/mol. The zero-order valence-corrected chi connectivity index (χ0v) is 19.0. The van der Waals surface area contributed by atoms with Crippen LogP contribution < -0.4 is 14.8 Å². The van der Waals surface area contributed by atoms with E-state index >= 15 is 0 Å². The molecule has 11 heteroatoms. The van der Waals surface area contributed by atoms with Crippen LogP contribution in [0, 0.1) is 6.92 Å². The van der Waals surface area contributed by atoms with Crippen LogP contribution >= 0.6 is 11.3 Å². The Bertz CT molecular complexity index is 1360. The van der Waals surface area contributed by atoms with Gasteiger partial charge in [-0.1, -0.05) is 29.4 Å². The van der Waals surface area contributed by atoms with Gasteiger partial charge in [-0.05, 0) is 42.5 Å². The maximum Gasteiger partial charge on any atom is 0.354 e. The zero-order chi connectivity index (χ0) is 24.1. The summed E-state index contributed by atoms with van der Waals surface area (Å²) in [6, 6.07) is 13.8. The van der Waals surface area contributed by atoms with Crippen LogP contribution in [-0.2, 0) is 6.61 Å². The second kappa shape index (κ2) is 10.0. The lowest BCUT2D eigenvalue weighted by atomic mass is 9.99. The van der Waals surface area contributed by atoms with Crippen LogP contribution in [0.3, 0.4) is 0 Å². The third-order valence-electron chi connectivity index (χ3n) is 4.68. The molecule has 1 amide bonds. The summed E-state index contributed by atoms with van der Waals surface area (Å²) in [6.45, 7) is 1.85. The summed E-state index contributed by atoms with van der Waals surface area (Å²) in [6.07, 6.45) is 1.51. The lowest BCUT2D eigenvalue weighted by Gasteiger charge is -2.13. The number of aromatic nitrogens is 4. The monoisotopic (exact) mass is 477 g/mol. The number of pyridine rings is 2. The number of hydrogen-bond acceptors (Lipinski definition) is 9. The number of carbonyl (C=O) groups is 2. The van der Waals surface area contributed by atoms with Gasteiger partial charge in [0.25, 0.3) is 11.1 Å². The van der Waals surface area contributed by atoms with Crippen molar-refractivity contribution < 1.29 is 24.2 Å². The van der Waals surface area contributed by atoms with Crippen molar-refractivity contribution in [1.82, 2.24) is 20.2 Å². The van der Waals surface area contributed by atoms with Crippen LogP contribution in [0.1, 0.15) is 32.2 Å². The summed E-state index contributed by atoms with van der Waals surface area (Å²) in [5, 5.41) is 20.0. The Morgan fingerprint density at radius 2 is 1.91 bits per heavy atom. The number of carboxylic acids is 1. The van der Waals surface area contributed by atoms with Gasteiger partial charge in [-0.25, -0.2) is 9.78 Å². The van der Waals surface area contributed by atoms with E-state index in [0.29, 0.717) is 22.6 Å². The average molecular weight is 478 g/mol. The number of carbonyl (C=O) groups excluding carboxylic acids is 1. The fraction of sp³-hybridized carbons (Fsp3) is 0.130. The Morgan fingerprint density at radius 1 is 1.09 bits per heavy atom. The van der Waals surface area contributed by atoms with Gasteiger partial charge in [0.1, 0.15) is 18.1 Å². The second-order valence-corrected chi connectivity index (χ2v) is 7.95. The largest absolute Gasteiger partial charge is 0.496 e. The number of anilines is 1. The summed E-state index contributed by atoms with van der Waals surface area (Å²) >= 11 is 1.03. The predicted octanol–water partition coefficient (Wildman–Crippen LogP) is 3.84. The van der Waals surface area contributed by atoms with Crippen molar-refractivity contribution in [2.24, 2.45) is 0 Å². The Balaban J connectivity index is 1.49. The van der Waals surface area contributed by atoms with Gasteiger partial charge in [-0.15, -0.1) is 5.10 Å². The molecule has 0 bridgehead atoms. The number of benzene rings is 1. The summed E-state index contributed by atoms with van der Waals surface area (Å²) in [7, 11) is 1.57. The molecule has 0 spiro atoms. The van der Waals surface area contributed by atoms with Gasteiger partial charge in [-0.3, -0.25) is 15.1 Å². The lowest BCUT2D eigenvalue weighted by Crippen LogP contribution is -2.14. The lowest BCUT2D eigenvalue weighted by molar-refractivity contribution is 0.0689. The highest BCUT2D eigenvalue weighted by atomic mass is 32.1. The average Bonchev–Trinajstić information content (AvgIpc) is 3.29. The maximum absolute atomic E-state index is 13.0. The number of para-hydroxylation sites is 1. The number of amides is 1. The van der Waals surface area contributed by atoms with Crippen molar-refractivity contribution in [2.75, 3.05) is 12.4 Å². The van der Waals surface area contributed by atoms with Crippen molar-refractivity contribution in [1.29, 1.82) is 0 Å². The van der Waals surface area contributed by atoms with Crippen LogP contribution in [0.2, 0.25) is 0 Å². The van der Waals surface area contributed by atoms with Gasteiger partial charge in [0, 0.05) is 23.0 Å². The molecule has 0 unspecified atom stereocenters. The van der Waals surface area contributed by atoms with E-state index in [1.165, 1.54) is 12.3 Å². The minimum atomic E-state index is -1.12. The fourth-order valence-corrected chi connectivity index (χ4v) is 3.72. The Hall–Kier alpha value is -4.38. The molecular formula is C23H19N5O5S. The fourth-order valence-electron chi connectivity index (χ4n) is 3.13. The Kier molecular flexibility index (Phi) is 6.74. The predicted molar refractivity (Wildman–Crippen MR) is 124 cm³/mol. The number of aryl methyl sites for hydroxylation is 1. The summed E-state index contributed by atoms with van der Waals surface area (Å²) in [4.78, 5) is 32.3. The highest BCUT2D eigenvalue weighted by molar-refractivity contribution is 7.17. The van der Waals surface area contributed by atoms with E-state index in [9.17, 15) is 9.59 Å². The van der Waals surface area contributed by atoms with Crippen LogP contribution in [0.4, 0.5) is 5.13 Å². The van der Waals surface area contributed by atoms with E-state index in [2.05, 4.69) is 25.5 Å². The molecule has 10 nitrogen and oxygen atoms in total. The van der Waals surface area contributed by atoms with Gasteiger partial charge in [0.05, 0.1) is 18.4 Å².